The Balaban J connectivity index is 2.43. The van der Waals surface area contributed by atoms with Gasteiger partial charge in [0.05, 0.1) is 11.4 Å². The number of rotatable bonds is 5. The number of hydrogen-bond donors (Lipinski definition) is 0. The molecule has 0 amide bonds. The molecule has 0 bridgehead atoms. The Kier molecular flexibility index (Phi) is 5.10. The van der Waals surface area contributed by atoms with Crippen LogP contribution in [0.1, 0.15) is 42.3 Å². The number of alkyl halides is 1. The summed E-state index contributed by atoms with van der Waals surface area (Å²) in [6.45, 7) is 9.35. The van der Waals surface area contributed by atoms with Crippen LogP contribution in [0.25, 0.3) is 0 Å². The van der Waals surface area contributed by atoms with E-state index in [1.54, 1.807) is 0 Å². The molecule has 0 saturated heterocycles. The van der Waals surface area contributed by atoms with Crippen molar-refractivity contribution in [2.24, 2.45) is 0 Å². The smallest absolute Gasteiger partial charge is 0.123 e. The molecule has 2 aromatic rings. The standard InChI is InChI=1S/C19H23BrO/c1-5-21-17-12-11-14(2)13-16(17)18(20)19(3,4)15-9-7-6-8-10-15/h6-13,18H,5H2,1-4H3. The minimum atomic E-state index is -0.0269. The van der Waals surface area contributed by atoms with Gasteiger partial charge in [-0.15, -0.1) is 0 Å². The topological polar surface area (TPSA) is 9.23 Å². The van der Waals surface area contributed by atoms with Gasteiger partial charge in [0.25, 0.3) is 0 Å². The molecule has 0 fully saturated rings. The van der Waals surface area contributed by atoms with Gasteiger partial charge in [-0.1, -0.05) is 77.8 Å². The summed E-state index contributed by atoms with van der Waals surface area (Å²) in [5.41, 5.74) is 3.75. The van der Waals surface area contributed by atoms with Gasteiger partial charge < -0.3 is 4.74 Å². The minimum Gasteiger partial charge on any atom is -0.494 e. The highest BCUT2D eigenvalue weighted by Crippen LogP contribution is 2.46. The molecule has 0 aliphatic carbocycles. The van der Waals surface area contributed by atoms with E-state index in [2.05, 4.69) is 85.2 Å². The number of aryl methyl sites for hydroxylation is 1. The average molecular weight is 347 g/mol. The molecule has 21 heavy (non-hydrogen) atoms. The second-order valence-electron chi connectivity index (χ2n) is 5.92. The van der Waals surface area contributed by atoms with Gasteiger partial charge >= 0.3 is 0 Å². The van der Waals surface area contributed by atoms with Crippen LogP contribution in [0.4, 0.5) is 0 Å². The first kappa shape index (κ1) is 16.1. The van der Waals surface area contributed by atoms with Gasteiger partial charge in [-0.2, -0.15) is 0 Å². The molecular formula is C19H23BrO. The summed E-state index contributed by atoms with van der Waals surface area (Å²) in [5.74, 6) is 0.967. The van der Waals surface area contributed by atoms with Crippen molar-refractivity contribution in [2.45, 2.75) is 37.9 Å². The van der Waals surface area contributed by atoms with Crippen LogP contribution in [0.3, 0.4) is 0 Å². The van der Waals surface area contributed by atoms with Crippen LogP contribution < -0.4 is 4.74 Å². The van der Waals surface area contributed by atoms with Crippen molar-refractivity contribution >= 4 is 15.9 Å². The lowest BCUT2D eigenvalue weighted by Gasteiger charge is -2.32. The predicted molar refractivity (Wildman–Crippen MR) is 93.5 cm³/mol. The highest BCUT2D eigenvalue weighted by Gasteiger charge is 2.32. The van der Waals surface area contributed by atoms with E-state index in [1.165, 1.54) is 16.7 Å². The molecule has 0 aromatic heterocycles. The summed E-state index contributed by atoms with van der Waals surface area (Å²) in [4.78, 5) is 0.189. The van der Waals surface area contributed by atoms with E-state index in [1.807, 2.05) is 6.92 Å². The number of hydrogen-bond acceptors (Lipinski definition) is 1. The van der Waals surface area contributed by atoms with Gasteiger partial charge in [-0.25, -0.2) is 0 Å². The van der Waals surface area contributed by atoms with Crippen LogP contribution >= 0.6 is 15.9 Å². The van der Waals surface area contributed by atoms with Crippen molar-refractivity contribution in [3.05, 3.63) is 65.2 Å². The number of halogens is 1. The van der Waals surface area contributed by atoms with E-state index in [9.17, 15) is 0 Å². The Labute approximate surface area is 136 Å². The van der Waals surface area contributed by atoms with Crippen molar-refractivity contribution in [3.63, 3.8) is 0 Å². The second-order valence-corrected chi connectivity index (χ2v) is 6.84. The van der Waals surface area contributed by atoms with E-state index < -0.39 is 0 Å². The SMILES string of the molecule is CCOc1ccc(C)cc1C(Br)C(C)(C)c1ccccc1. The molecule has 0 saturated carbocycles. The molecule has 0 aliphatic heterocycles. The first-order valence-corrected chi connectivity index (χ1v) is 8.31. The highest BCUT2D eigenvalue weighted by molar-refractivity contribution is 9.09. The molecule has 0 spiro atoms. The summed E-state index contributed by atoms with van der Waals surface area (Å²) in [5, 5.41) is 0. The molecule has 0 heterocycles. The Hall–Kier alpha value is -1.28. The molecule has 1 nitrogen and oxygen atoms in total. The first-order chi connectivity index (χ1) is 9.96. The maximum atomic E-state index is 5.81. The summed E-state index contributed by atoms with van der Waals surface area (Å²) in [6, 6.07) is 17.0. The monoisotopic (exact) mass is 346 g/mol. The maximum absolute atomic E-state index is 5.81. The fraction of sp³-hybridized carbons (Fsp3) is 0.368. The Morgan fingerprint density at radius 1 is 1.10 bits per heavy atom. The third-order valence-electron chi connectivity index (χ3n) is 3.89. The minimum absolute atomic E-state index is 0.0269. The van der Waals surface area contributed by atoms with E-state index in [0.717, 1.165) is 5.75 Å². The molecular weight excluding hydrogens is 324 g/mol. The number of ether oxygens (including phenoxy) is 1. The fourth-order valence-electron chi connectivity index (χ4n) is 2.56. The molecule has 1 unspecified atom stereocenters. The average Bonchev–Trinajstić information content (AvgIpc) is 2.49. The lowest BCUT2D eigenvalue weighted by molar-refractivity contribution is 0.333. The lowest BCUT2D eigenvalue weighted by Crippen LogP contribution is -2.23. The quantitative estimate of drug-likeness (QED) is 0.621. The first-order valence-electron chi connectivity index (χ1n) is 7.39. The van der Waals surface area contributed by atoms with Crippen LogP contribution in [0.5, 0.6) is 5.75 Å². The second kappa shape index (κ2) is 6.65. The maximum Gasteiger partial charge on any atom is 0.123 e. The van der Waals surface area contributed by atoms with Crippen molar-refractivity contribution in [1.82, 2.24) is 0 Å². The zero-order valence-corrected chi connectivity index (χ0v) is 14.8. The molecule has 0 aliphatic rings. The Morgan fingerprint density at radius 3 is 2.38 bits per heavy atom. The molecule has 2 rings (SSSR count). The van der Waals surface area contributed by atoms with Gasteiger partial charge in [0.2, 0.25) is 0 Å². The largest absolute Gasteiger partial charge is 0.494 e. The highest BCUT2D eigenvalue weighted by atomic mass is 79.9. The van der Waals surface area contributed by atoms with E-state index in [0.29, 0.717) is 6.61 Å². The van der Waals surface area contributed by atoms with E-state index in [4.69, 9.17) is 4.74 Å². The van der Waals surface area contributed by atoms with Gasteiger partial charge in [0.15, 0.2) is 0 Å². The Bertz CT molecular complexity index is 590. The van der Waals surface area contributed by atoms with Gasteiger partial charge in [-0.05, 0) is 25.5 Å². The molecule has 2 heteroatoms. The van der Waals surface area contributed by atoms with Crippen LogP contribution in [-0.4, -0.2) is 6.61 Å². The van der Waals surface area contributed by atoms with Crippen LogP contribution in [0.2, 0.25) is 0 Å². The van der Waals surface area contributed by atoms with Crippen LogP contribution in [0.15, 0.2) is 48.5 Å². The molecule has 1 atom stereocenters. The predicted octanol–water partition coefficient (Wildman–Crippen LogP) is 5.81. The van der Waals surface area contributed by atoms with Crippen LogP contribution in [0, 0.1) is 6.92 Å². The molecule has 0 N–H and O–H groups in total. The summed E-state index contributed by atoms with van der Waals surface area (Å²) in [7, 11) is 0. The number of benzene rings is 2. The van der Waals surface area contributed by atoms with Gasteiger partial charge in [0, 0.05) is 11.0 Å². The zero-order chi connectivity index (χ0) is 15.5. The summed E-state index contributed by atoms with van der Waals surface area (Å²) >= 11 is 3.92. The van der Waals surface area contributed by atoms with Crippen molar-refractivity contribution in [3.8, 4) is 5.75 Å². The summed E-state index contributed by atoms with van der Waals surface area (Å²) < 4.78 is 5.81. The molecule has 112 valence electrons. The van der Waals surface area contributed by atoms with Crippen molar-refractivity contribution in [2.75, 3.05) is 6.61 Å². The lowest BCUT2D eigenvalue weighted by atomic mass is 9.78. The summed E-state index contributed by atoms with van der Waals surface area (Å²) in [6.07, 6.45) is 0. The van der Waals surface area contributed by atoms with Crippen molar-refractivity contribution < 1.29 is 4.74 Å². The zero-order valence-electron chi connectivity index (χ0n) is 13.2. The van der Waals surface area contributed by atoms with Gasteiger partial charge in [-0.3, -0.25) is 0 Å². The Morgan fingerprint density at radius 2 is 1.76 bits per heavy atom. The third kappa shape index (κ3) is 3.49. The molecule has 2 aromatic carbocycles. The van der Waals surface area contributed by atoms with E-state index >= 15 is 0 Å². The van der Waals surface area contributed by atoms with E-state index in [-0.39, 0.29) is 10.2 Å². The van der Waals surface area contributed by atoms with Gasteiger partial charge in [0.1, 0.15) is 5.75 Å². The van der Waals surface area contributed by atoms with Crippen LogP contribution in [-0.2, 0) is 5.41 Å². The van der Waals surface area contributed by atoms with Crippen molar-refractivity contribution in [1.29, 1.82) is 0 Å². The fourth-order valence-corrected chi connectivity index (χ4v) is 3.18. The molecule has 0 radical (unpaired) electrons. The third-order valence-corrected chi connectivity index (χ3v) is 5.53. The normalized spacial score (nSPS) is 13.0.